The Kier molecular flexibility index (Phi) is 5.15. The van der Waals surface area contributed by atoms with Crippen molar-refractivity contribution >= 4 is 22.8 Å². The molecular weight excluding hydrogens is 354 g/mol. The Hall–Kier alpha value is -3.08. The first-order valence-electron chi connectivity index (χ1n) is 9.68. The lowest BCUT2D eigenvalue weighted by Gasteiger charge is -2.21. The number of amides is 1. The van der Waals surface area contributed by atoms with Gasteiger partial charge in [0.25, 0.3) is 0 Å². The zero-order valence-corrected chi connectivity index (χ0v) is 15.9. The van der Waals surface area contributed by atoms with E-state index in [-0.39, 0.29) is 23.1 Å². The fourth-order valence-corrected chi connectivity index (χ4v) is 3.83. The maximum atomic E-state index is 13.2. The van der Waals surface area contributed by atoms with Gasteiger partial charge in [-0.25, -0.2) is 0 Å². The van der Waals surface area contributed by atoms with E-state index < -0.39 is 0 Å². The van der Waals surface area contributed by atoms with Crippen LogP contribution < -0.4 is 15.5 Å². The summed E-state index contributed by atoms with van der Waals surface area (Å²) in [4.78, 5) is 26.0. The number of para-hydroxylation sites is 1. The molecule has 5 heteroatoms. The fraction of sp³-hybridized carbons (Fsp3) is 0.304. The molecule has 4 rings (SSSR count). The Labute approximate surface area is 163 Å². The van der Waals surface area contributed by atoms with Gasteiger partial charge in [-0.05, 0) is 42.7 Å². The van der Waals surface area contributed by atoms with Gasteiger partial charge in [-0.2, -0.15) is 0 Å². The van der Waals surface area contributed by atoms with Crippen LogP contribution in [-0.4, -0.2) is 13.0 Å². The van der Waals surface area contributed by atoms with Gasteiger partial charge in [-0.15, -0.1) is 0 Å². The average molecular weight is 377 g/mol. The van der Waals surface area contributed by atoms with Crippen molar-refractivity contribution in [2.75, 3.05) is 12.4 Å². The molecule has 0 bridgehead atoms. The summed E-state index contributed by atoms with van der Waals surface area (Å²) in [5.74, 6) is 0.799. The lowest BCUT2D eigenvalue weighted by atomic mass is 9.88. The van der Waals surface area contributed by atoms with Gasteiger partial charge in [0.1, 0.15) is 11.3 Å². The second-order valence-corrected chi connectivity index (χ2v) is 7.18. The molecule has 0 unspecified atom stereocenters. The standard InChI is InChI=1S/C23H23NO4/c1-27-17-13-11-15(12-14-17)20-21(25)18-9-5-6-10-19(18)28-23(20)24-22(26)16-7-3-2-4-8-16/h5-6,9-14,16H,2-4,7-8H2,1H3,(H,24,26). The third kappa shape index (κ3) is 3.52. The molecule has 2 aromatic carbocycles. The molecule has 28 heavy (non-hydrogen) atoms. The highest BCUT2D eigenvalue weighted by atomic mass is 16.5. The van der Waals surface area contributed by atoms with Gasteiger partial charge in [0.05, 0.1) is 18.1 Å². The largest absolute Gasteiger partial charge is 0.497 e. The Balaban J connectivity index is 1.80. The van der Waals surface area contributed by atoms with Crippen molar-refractivity contribution in [3.63, 3.8) is 0 Å². The van der Waals surface area contributed by atoms with Gasteiger partial charge in [0.15, 0.2) is 0 Å². The van der Waals surface area contributed by atoms with E-state index in [4.69, 9.17) is 9.15 Å². The van der Waals surface area contributed by atoms with E-state index in [0.29, 0.717) is 27.8 Å². The number of ether oxygens (including phenoxy) is 1. The Bertz CT molecular complexity index is 1050. The molecule has 144 valence electrons. The average Bonchev–Trinajstić information content (AvgIpc) is 2.75. The van der Waals surface area contributed by atoms with Gasteiger partial charge in [-0.3, -0.25) is 14.9 Å². The number of hydrogen-bond donors (Lipinski definition) is 1. The van der Waals surface area contributed by atoms with Crippen molar-refractivity contribution in [3.8, 4) is 16.9 Å². The van der Waals surface area contributed by atoms with Gasteiger partial charge in [0.2, 0.25) is 17.2 Å². The SMILES string of the molecule is COc1ccc(-c2c(NC(=O)C3CCCCC3)oc3ccccc3c2=O)cc1. The van der Waals surface area contributed by atoms with E-state index in [1.165, 1.54) is 6.42 Å². The van der Waals surface area contributed by atoms with Crippen LogP contribution in [0.3, 0.4) is 0 Å². The van der Waals surface area contributed by atoms with Crippen LogP contribution in [0.2, 0.25) is 0 Å². The number of fused-ring (bicyclic) bond motifs is 1. The molecule has 0 atom stereocenters. The highest BCUT2D eigenvalue weighted by Crippen LogP contribution is 2.31. The van der Waals surface area contributed by atoms with Crippen molar-refractivity contribution in [1.82, 2.24) is 0 Å². The van der Waals surface area contributed by atoms with E-state index in [2.05, 4.69) is 5.32 Å². The molecule has 1 aliphatic rings. The number of rotatable bonds is 4. The molecule has 1 aromatic heterocycles. The monoisotopic (exact) mass is 377 g/mol. The summed E-state index contributed by atoms with van der Waals surface area (Å²) in [5.41, 5.74) is 1.35. The van der Waals surface area contributed by atoms with E-state index in [1.54, 1.807) is 49.6 Å². The molecule has 3 aromatic rings. The second kappa shape index (κ2) is 7.89. The number of carbonyl (C=O) groups is 1. The molecular formula is C23H23NO4. The zero-order valence-electron chi connectivity index (χ0n) is 15.9. The van der Waals surface area contributed by atoms with Crippen molar-refractivity contribution < 1.29 is 13.9 Å². The number of nitrogens with one attached hydrogen (secondary N) is 1. The van der Waals surface area contributed by atoms with Gasteiger partial charge in [-0.1, -0.05) is 43.5 Å². The molecule has 0 aliphatic heterocycles. The van der Waals surface area contributed by atoms with E-state index in [9.17, 15) is 9.59 Å². The van der Waals surface area contributed by atoms with Crippen LogP contribution in [0.5, 0.6) is 5.75 Å². The van der Waals surface area contributed by atoms with E-state index in [0.717, 1.165) is 25.7 Å². The molecule has 5 nitrogen and oxygen atoms in total. The van der Waals surface area contributed by atoms with E-state index >= 15 is 0 Å². The summed E-state index contributed by atoms with van der Waals surface area (Å²) in [6.45, 7) is 0. The Morgan fingerprint density at radius 2 is 1.75 bits per heavy atom. The second-order valence-electron chi connectivity index (χ2n) is 7.18. The molecule has 1 heterocycles. The summed E-state index contributed by atoms with van der Waals surface area (Å²) in [6.07, 6.45) is 5.05. The summed E-state index contributed by atoms with van der Waals surface area (Å²) in [7, 11) is 1.59. The lowest BCUT2D eigenvalue weighted by molar-refractivity contribution is -0.120. The van der Waals surface area contributed by atoms with Crippen LogP contribution >= 0.6 is 0 Å². The summed E-state index contributed by atoms with van der Waals surface area (Å²) in [5, 5.41) is 3.39. The van der Waals surface area contributed by atoms with Crippen molar-refractivity contribution in [2.45, 2.75) is 32.1 Å². The van der Waals surface area contributed by atoms with Gasteiger partial charge < -0.3 is 9.15 Å². The maximum Gasteiger partial charge on any atom is 0.229 e. The quantitative estimate of drug-likeness (QED) is 0.696. The van der Waals surface area contributed by atoms with Crippen molar-refractivity contribution in [3.05, 3.63) is 58.8 Å². The molecule has 1 N–H and O–H groups in total. The maximum absolute atomic E-state index is 13.2. The molecule has 0 saturated heterocycles. The molecule has 1 aliphatic carbocycles. The van der Waals surface area contributed by atoms with Crippen LogP contribution in [0.1, 0.15) is 32.1 Å². The van der Waals surface area contributed by atoms with E-state index in [1.807, 2.05) is 6.07 Å². The topological polar surface area (TPSA) is 68.5 Å². The molecule has 0 spiro atoms. The number of methoxy groups -OCH3 is 1. The molecule has 1 fully saturated rings. The smallest absolute Gasteiger partial charge is 0.229 e. The third-order valence-electron chi connectivity index (χ3n) is 5.39. The summed E-state index contributed by atoms with van der Waals surface area (Å²) >= 11 is 0. The van der Waals surface area contributed by atoms with Crippen LogP contribution in [0.4, 0.5) is 5.88 Å². The summed E-state index contributed by atoms with van der Waals surface area (Å²) in [6, 6.07) is 14.3. The van der Waals surface area contributed by atoms with Gasteiger partial charge >= 0.3 is 0 Å². The van der Waals surface area contributed by atoms with Gasteiger partial charge in [0, 0.05) is 5.92 Å². The first kappa shape index (κ1) is 18.3. The predicted octanol–water partition coefficient (Wildman–Crippen LogP) is 4.99. The normalized spacial score (nSPS) is 14.8. The minimum absolute atomic E-state index is 0.0331. The lowest BCUT2D eigenvalue weighted by Crippen LogP contribution is -2.26. The van der Waals surface area contributed by atoms with Crippen molar-refractivity contribution in [1.29, 1.82) is 0 Å². The van der Waals surface area contributed by atoms with Crippen molar-refractivity contribution in [2.24, 2.45) is 5.92 Å². The first-order chi connectivity index (χ1) is 13.7. The zero-order chi connectivity index (χ0) is 19.5. The minimum atomic E-state index is -0.161. The molecule has 1 amide bonds. The predicted molar refractivity (Wildman–Crippen MR) is 110 cm³/mol. The molecule has 1 saturated carbocycles. The highest BCUT2D eigenvalue weighted by molar-refractivity contribution is 5.97. The summed E-state index contributed by atoms with van der Waals surface area (Å²) < 4.78 is 11.2. The van der Waals surface area contributed by atoms with Crippen LogP contribution in [-0.2, 0) is 4.79 Å². The Morgan fingerprint density at radius 1 is 1.04 bits per heavy atom. The number of anilines is 1. The van der Waals surface area contributed by atoms with Crippen LogP contribution in [0.25, 0.3) is 22.1 Å². The fourth-order valence-electron chi connectivity index (χ4n) is 3.83. The van der Waals surface area contributed by atoms with Crippen LogP contribution in [0.15, 0.2) is 57.7 Å². The Morgan fingerprint density at radius 3 is 2.46 bits per heavy atom. The number of hydrogen-bond acceptors (Lipinski definition) is 4. The minimum Gasteiger partial charge on any atom is -0.497 e. The highest BCUT2D eigenvalue weighted by Gasteiger charge is 2.24. The van der Waals surface area contributed by atoms with Crippen LogP contribution in [0, 0.1) is 5.92 Å². The molecule has 0 radical (unpaired) electrons. The first-order valence-corrected chi connectivity index (χ1v) is 9.68. The number of carbonyl (C=O) groups excluding carboxylic acids is 1. The third-order valence-corrected chi connectivity index (χ3v) is 5.39. The number of benzene rings is 2.